The van der Waals surface area contributed by atoms with E-state index >= 15 is 4.39 Å². The number of alkyl halides is 3. The number of nitrogens with zero attached hydrogens (tertiary/aromatic N) is 2. The van der Waals surface area contributed by atoms with Gasteiger partial charge in [0.2, 0.25) is 5.91 Å². The van der Waals surface area contributed by atoms with E-state index in [4.69, 9.17) is 4.74 Å². The molecule has 0 unspecified atom stereocenters. The van der Waals surface area contributed by atoms with E-state index in [9.17, 15) is 27.2 Å². The van der Waals surface area contributed by atoms with Gasteiger partial charge in [-0.2, -0.15) is 18.3 Å². The van der Waals surface area contributed by atoms with Crippen LogP contribution in [0.1, 0.15) is 66.6 Å². The lowest BCUT2D eigenvalue weighted by Crippen LogP contribution is -2.29. The Hall–Kier alpha value is -3.76. The molecule has 0 atom stereocenters. The van der Waals surface area contributed by atoms with Crippen LogP contribution in [0, 0.1) is 11.6 Å². The summed E-state index contributed by atoms with van der Waals surface area (Å²) in [6.45, 7) is 1.57. The maximum Gasteiger partial charge on any atom is 0.416 e. The molecule has 200 valence electrons. The summed E-state index contributed by atoms with van der Waals surface area (Å²) in [5, 5.41) is 6.74. The second-order valence-electron chi connectivity index (χ2n) is 9.59. The number of anilines is 1. The number of amides is 1. The van der Waals surface area contributed by atoms with Gasteiger partial charge in [-0.25, -0.2) is 13.6 Å². The Morgan fingerprint density at radius 1 is 1.16 bits per heavy atom. The molecule has 0 bridgehead atoms. The third-order valence-electron chi connectivity index (χ3n) is 7.23. The van der Waals surface area contributed by atoms with Gasteiger partial charge in [0.1, 0.15) is 11.4 Å². The molecule has 1 amide bonds. The predicted molar refractivity (Wildman–Crippen MR) is 127 cm³/mol. The molecule has 1 aromatic heterocycles. The number of rotatable bonds is 7. The molecular weight excluding hydrogens is 509 g/mol. The Labute approximate surface area is 214 Å². The zero-order valence-corrected chi connectivity index (χ0v) is 20.4. The fraction of sp³-hybridized carbons (Fsp3) is 0.370. The number of carbonyl (C=O) groups excluding carboxylic acids is 2. The van der Waals surface area contributed by atoms with E-state index in [-0.39, 0.29) is 47.9 Å². The highest BCUT2D eigenvalue weighted by atomic mass is 19.4. The molecule has 2 aliphatic rings. The maximum atomic E-state index is 15.7. The van der Waals surface area contributed by atoms with Gasteiger partial charge < -0.3 is 10.1 Å². The number of carbonyl (C=O) groups is 2. The molecule has 0 spiro atoms. The van der Waals surface area contributed by atoms with Crippen molar-refractivity contribution in [1.82, 2.24) is 9.78 Å². The van der Waals surface area contributed by atoms with Crippen molar-refractivity contribution in [3.63, 3.8) is 0 Å². The van der Waals surface area contributed by atoms with Gasteiger partial charge in [0.25, 0.3) is 0 Å². The summed E-state index contributed by atoms with van der Waals surface area (Å²) in [4.78, 5) is 25.9. The number of hydrogen-bond donors (Lipinski definition) is 1. The monoisotopic (exact) mass is 533 g/mol. The van der Waals surface area contributed by atoms with Crippen LogP contribution in [0.15, 0.2) is 42.7 Å². The molecule has 38 heavy (non-hydrogen) atoms. The highest BCUT2D eigenvalue weighted by molar-refractivity contribution is 6.04. The molecule has 5 rings (SSSR count). The summed E-state index contributed by atoms with van der Waals surface area (Å²) >= 11 is 0. The summed E-state index contributed by atoms with van der Waals surface area (Å²) in [6, 6.07) is 4.99. The standard InChI is InChI=1S/C27H24F5N3O3/c1-2-38-24(36)22-18(15-13-33-35(14-15)17-4-3-5-17)7-9-21(23(22)29)34-25(37)26(10-11-26)19-8-6-16(12-20(19)28)27(30,31)32/h6-9,12-14,17H,2-5,10-11H2,1H3,(H,34,37). The summed E-state index contributed by atoms with van der Waals surface area (Å²) in [6.07, 6.45) is 1.92. The molecular formula is C27H24F5N3O3. The Bertz CT molecular complexity index is 1410. The van der Waals surface area contributed by atoms with Crippen LogP contribution in [0.25, 0.3) is 11.1 Å². The summed E-state index contributed by atoms with van der Waals surface area (Å²) in [5.74, 6) is -3.91. The number of benzene rings is 2. The molecule has 0 saturated heterocycles. The molecule has 1 N–H and O–H groups in total. The molecule has 0 radical (unpaired) electrons. The van der Waals surface area contributed by atoms with Crippen molar-refractivity contribution in [2.75, 3.05) is 11.9 Å². The van der Waals surface area contributed by atoms with Gasteiger partial charge in [0, 0.05) is 22.9 Å². The number of aromatic nitrogens is 2. The van der Waals surface area contributed by atoms with E-state index in [1.165, 1.54) is 18.3 Å². The van der Waals surface area contributed by atoms with Crippen LogP contribution in [-0.4, -0.2) is 28.3 Å². The molecule has 2 aliphatic carbocycles. The number of esters is 1. The normalized spacial score (nSPS) is 16.6. The van der Waals surface area contributed by atoms with Gasteiger partial charge in [-0.1, -0.05) is 12.1 Å². The number of nitrogens with one attached hydrogen (secondary N) is 1. The van der Waals surface area contributed by atoms with E-state index < -0.39 is 40.7 Å². The van der Waals surface area contributed by atoms with Gasteiger partial charge in [-0.05, 0) is 57.2 Å². The van der Waals surface area contributed by atoms with Crippen LogP contribution in [0.3, 0.4) is 0 Å². The first-order valence-electron chi connectivity index (χ1n) is 12.3. The lowest BCUT2D eigenvalue weighted by Gasteiger charge is -2.25. The maximum absolute atomic E-state index is 15.7. The van der Waals surface area contributed by atoms with Crippen molar-refractivity contribution in [2.45, 2.75) is 56.7 Å². The van der Waals surface area contributed by atoms with Gasteiger partial charge in [-0.3, -0.25) is 9.48 Å². The van der Waals surface area contributed by atoms with Gasteiger partial charge >= 0.3 is 12.1 Å². The molecule has 2 saturated carbocycles. The van der Waals surface area contributed by atoms with Crippen molar-refractivity contribution in [1.29, 1.82) is 0 Å². The fourth-order valence-electron chi connectivity index (χ4n) is 4.71. The van der Waals surface area contributed by atoms with E-state index in [2.05, 4.69) is 10.4 Å². The Balaban J connectivity index is 1.46. The highest BCUT2D eigenvalue weighted by Crippen LogP contribution is 2.50. The smallest absolute Gasteiger partial charge is 0.416 e. The van der Waals surface area contributed by atoms with Crippen molar-refractivity contribution < 1.29 is 36.3 Å². The molecule has 3 aromatic rings. The minimum Gasteiger partial charge on any atom is -0.462 e. The molecule has 0 aliphatic heterocycles. The zero-order chi connectivity index (χ0) is 27.2. The van der Waals surface area contributed by atoms with Gasteiger partial charge in [0.05, 0.1) is 35.5 Å². The molecule has 1 heterocycles. The number of halogens is 5. The van der Waals surface area contributed by atoms with E-state index in [1.54, 1.807) is 17.8 Å². The molecule has 2 aromatic carbocycles. The van der Waals surface area contributed by atoms with Crippen LogP contribution in [-0.2, 0) is 21.1 Å². The van der Waals surface area contributed by atoms with E-state index in [0.29, 0.717) is 17.7 Å². The van der Waals surface area contributed by atoms with Crippen LogP contribution < -0.4 is 5.32 Å². The summed E-state index contributed by atoms with van der Waals surface area (Å²) in [7, 11) is 0. The first kappa shape index (κ1) is 25.9. The second kappa shape index (κ2) is 9.52. The molecule has 11 heteroatoms. The predicted octanol–water partition coefficient (Wildman–Crippen LogP) is 6.42. The van der Waals surface area contributed by atoms with Crippen molar-refractivity contribution in [3.05, 3.63) is 71.1 Å². The summed E-state index contributed by atoms with van der Waals surface area (Å²) in [5.41, 5.74) is -2.78. The Morgan fingerprint density at radius 2 is 1.89 bits per heavy atom. The van der Waals surface area contributed by atoms with Gasteiger partial charge in [-0.15, -0.1) is 0 Å². The first-order chi connectivity index (χ1) is 18.0. The van der Waals surface area contributed by atoms with Gasteiger partial charge in [0.15, 0.2) is 5.82 Å². The van der Waals surface area contributed by atoms with Crippen LogP contribution in [0.4, 0.5) is 27.6 Å². The van der Waals surface area contributed by atoms with E-state index in [0.717, 1.165) is 25.3 Å². The summed E-state index contributed by atoms with van der Waals surface area (Å²) < 4.78 is 76.1. The minimum atomic E-state index is -4.74. The fourth-order valence-corrected chi connectivity index (χ4v) is 4.71. The average Bonchev–Trinajstić information content (AvgIpc) is 3.50. The third kappa shape index (κ3) is 4.54. The lowest BCUT2D eigenvalue weighted by molar-refractivity contribution is -0.137. The quantitative estimate of drug-likeness (QED) is 0.281. The number of hydrogen-bond acceptors (Lipinski definition) is 4. The Kier molecular flexibility index (Phi) is 6.48. The zero-order valence-electron chi connectivity index (χ0n) is 20.4. The highest BCUT2D eigenvalue weighted by Gasteiger charge is 2.53. The average molecular weight is 533 g/mol. The van der Waals surface area contributed by atoms with Crippen LogP contribution in [0.2, 0.25) is 0 Å². The van der Waals surface area contributed by atoms with Crippen molar-refractivity contribution >= 4 is 17.6 Å². The number of ether oxygens (including phenoxy) is 1. The van der Waals surface area contributed by atoms with Crippen molar-refractivity contribution in [3.8, 4) is 11.1 Å². The Morgan fingerprint density at radius 3 is 2.47 bits per heavy atom. The third-order valence-corrected chi connectivity index (χ3v) is 7.23. The first-order valence-corrected chi connectivity index (χ1v) is 12.3. The lowest BCUT2D eigenvalue weighted by atomic mass is 9.92. The SMILES string of the molecule is CCOC(=O)c1c(-c2cnn(C3CCC3)c2)ccc(NC(=O)C2(c3ccc(C(F)(F)F)cc3F)CC2)c1F. The second-order valence-corrected chi connectivity index (χ2v) is 9.59. The minimum absolute atomic E-state index is 0.00799. The van der Waals surface area contributed by atoms with E-state index in [1.807, 2.05) is 0 Å². The topological polar surface area (TPSA) is 73.2 Å². The molecule has 2 fully saturated rings. The van der Waals surface area contributed by atoms with Crippen LogP contribution in [0.5, 0.6) is 0 Å². The van der Waals surface area contributed by atoms with Crippen LogP contribution >= 0.6 is 0 Å². The molecule has 6 nitrogen and oxygen atoms in total. The largest absolute Gasteiger partial charge is 0.462 e. The van der Waals surface area contributed by atoms with Crippen molar-refractivity contribution in [2.24, 2.45) is 0 Å².